The number of carbonyl (C=O) groups excluding carboxylic acids is 1. The lowest BCUT2D eigenvalue weighted by atomic mass is 10.2. The number of aromatic nitrogens is 2. The molecule has 0 aliphatic heterocycles. The van der Waals surface area contributed by atoms with Crippen LogP contribution in [0.15, 0.2) is 51.4 Å². The predicted molar refractivity (Wildman–Crippen MR) is 93.0 cm³/mol. The van der Waals surface area contributed by atoms with E-state index < -0.39 is 5.97 Å². The molecule has 3 rings (SSSR count). The van der Waals surface area contributed by atoms with Crippen LogP contribution in [-0.4, -0.2) is 16.2 Å². The fourth-order valence-corrected chi connectivity index (χ4v) is 2.71. The van der Waals surface area contributed by atoms with Crippen LogP contribution in [0.3, 0.4) is 0 Å². The minimum Gasteiger partial charge on any atom is -0.452 e. The van der Waals surface area contributed by atoms with Gasteiger partial charge >= 0.3 is 5.97 Å². The number of hydrogen-bond donors (Lipinski definition) is 0. The number of hydrogen-bond acceptors (Lipinski definition) is 5. The molecule has 0 aliphatic rings. The number of ether oxygens (including phenoxy) is 1. The van der Waals surface area contributed by atoms with Crippen LogP contribution in [0.4, 0.5) is 0 Å². The van der Waals surface area contributed by atoms with Crippen molar-refractivity contribution in [2.45, 2.75) is 6.61 Å². The molecule has 0 fully saturated rings. The summed E-state index contributed by atoms with van der Waals surface area (Å²) in [6.45, 7) is -0.158. The molecule has 0 atom stereocenters. The van der Waals surface area contributed by atoms with Gasteiger partial charge in [-0.05, 0) is 46.3 Å². The summed E-state index contributed by atoms with van der Waals surface area (Å²) in [7, 11) is 0. The van der Waals surface area contributed by atoms with Crippen molar-refractivity contribution in [1.82, 2.24) is 10.2 Å². The van der Waals surface area contributed by atoms with Gasteiger partial charge in [0.25, 0.3) is 5.89 Å². The molecule has 0 amide bonds. The van der Waals surface area contributed by atoms with E-state index in [4.69, 9.17) is 32.4 Å². The summed E-state index contributed by atoms with van der Waals surface area (Å²) >= 11 is 15.2. The topological polar surface area (TPSA) is 65.2 Å². The highest BCUT2D eigenvalue weighted by molar-refractivity contribution is 9.10. The summed E-state index contributed by atoms with van der Waals surface area (Å²) in [4.78, 5) is 12.1. The maximum Gasteiger partial charge on any atom is 0.339 e. The first kappa shape index (κ1) is 17.0. The Morgan fingerprint density at radius 2 is 1.96 bits per heavy atom. The quantitative estimate of drug-likeness (QED) is 0.537. The van der Waals surface area contributed by atoms with Crippen molar-refractivity contribution in [2.24, 2.45) is 0 Å². The summed E-state index contributed by atoms with van der Waals surface area (Å²) in [5, 5.41) is 8.68. The van der Waals surface area contributed by atoms with Gasteiger partial charge in [0.2, 0.25) is 5.89 Å². The van der Waals surface area contributed by atoms with E-state index in [1.165, 1.54) is 6.07 Å². The maximum atomic E-state index is 12.1. The third-order valence-electron chi connectivity index (χ3n) is 3.05. The molecule has 0 unspecified atom stereocenters. The normalized spacial score (nSPS) is 10.6. The van der Waals surface area contributed by atoms with Crippen LogP contribution in [0.2, 0.25) is 10.0 Å². The van der Waals surface area contributed by atoms with E-state index in [0.717, 1.165) is 0 Å². The van der Waals surface area contributed by atoms with E-state index in [1.54, 1.807) is 30.3 Å². The highest BCUT2D eigenvalue weighted by Crippen LogP contribution is 2.26. The predicted octanol–water partition coefficient (Wildman–Crippen LogP) is 5.16. The van der Waals surface area contributed by atoms with Gasteiger partial charge in [0.05, 0.1) is 16.1 Å². The van der Waals surface area contributed by atoms with Crippen molar-refractivity contribution in [3.05, 3.63) is 68.4 Å². The summed E-state index contributed by atoms with van der Waals surface area (Å²) in [5.74, 6) is -0.131. The Bertz CT molecular complexity index is 899. The molecule has 0 saturated carbocycles. The van der Waals surface area contributed by atoms with Crippen LogP contribution in [-0.2, 0) is 11.3 Å². The Labute approximate surface area is 155 Å². The molecule has 0 saturated heterocycles. The molecule has 0 N–H and O–H groups in total. The van der Waals surface area contributed by atoms with Gasteiger partial charge in [0.1, 0.15) is 0 Å². The second-order valence-corrected chi connectivity index (χ2v) is 6.38. The number of rotatable bonds is 4. The molecule has 0 spiro atoms. The highest BCUT2D eigenvalue weighted by atomic mass is 79.9. The van der Waals surface area contributed by atoms with Crippen LogP contribution in [0.5, 0.6) is 0 Å². The Kier molecular flexibility index (Phi) is 5.18. The van der Waals surface area contributed by atoms with Crippen molar-refractivity contribution in [1.29, 1.82) is 0 Å². The average Bonchev–Trinajstić information content (AvgIpc) is 3.04. The molecular weight excluding hydrogens is 419 g/mol. The second-order valence-electron chi connectivity index (χ2n) is 4.68. The summed E-state index contributed by atoms with van der Waals surface area (Å²) < 4.78 is 11.2. The standard InChI is InChI=1S/C16H9BrCl2N2O3/c17-12-6-5-9(18)7-11(12)16(22)23-8-14-20-21-15(24-14)10-3-1-2-4-13(10)19/h1-7H,8H2. The van der Waals surface area contributed by atoms with Gasteiger partial charge in [-0.2, -0.15) is 0 Å². The smallest absolute Gasteiger partial charge is 0.339 e. The molecule has 3 aromatic rings. The largest absolute Gasteiger partial charge is 0.452 e. The Morgan fingerprint density at radius 3 is 2.75 bits per heavy atom. The molecule has 0 radical (unpaired) electrons. The van der Waals surface area contributed by atoms with Crippen LogP contribution in [0.1, 0.15) is 16.2 Å². The van der Waals surface area contributed by atoms with Crippen LogP contribution >= 0.6 is 39.1 Å². The molecule has 2 aromatic carbocycles. The highest BCUT2D eigenvalue weighted by Gasteiger charge is 2.16. The fourth-order valence-electron chi connectivity index (χ4n) is 1.91. The van der Waals surface area contributed by atoms with E-state index in [1.807, 2.05) is 6.07 Å². The lowest BCUT2D eigenvalue weighted by Gasteiger charge is -2.04. The number of halogens is 3. The Balaban J connectivity index is 1.71. The van der Waals surface area contributed by atoms with Crippen molar-refractivity contribution in [3.63, 3.8) is 0 Å². The van der Waals surface area contributed by atoms with E-state index in [-0.39, 0.29) is 18.4 Å². The zero-order chi connectivity index (χ0) is 17.1. The summed E-state index contributed by atoms with van der Waals surface area (Å²) in [5.41, 5.74) is 0.926. The zero-order valence-electron chi connectivity index (χ0n) is 12.0. The first-order valence-corrected chi connectivity index (χ1v) is 8.29. The number of esters is 1. The maximum absolute atomic E-state index is 12.1. The van der Waals surface area contributed by atoms with Crippen LogP contribution in [0.25, 0.3) is 11.5 Å². The van der Waals surface area contributed by atoms with Gasteiger partial charge in [-0.3, -0.25) is 0 Å². The van der Waals surface area contributed by atoms with E-state index in [2.05, 4.69) is 26.1 Å². The minimum absolute atomic E-state index is 0.158. The first-order chi connectivity index (χ1) is 11.5. The van der Waals surface area contributed by atoms with E-state index in [0.29, 0.717) is 25.6 Å². The minimum atomic E-state index is -0.554. The van der Waals surface area contributed by atoms with Crippen molar-refractivity contribution in [3.8, 4) is 11.5 Å². The molecule has 8 heteroatoms. The Morgan fingerprint density at radius 1 is 1.17 bits per heavy atom. The van der Waals surface area contributed by atoms with Crippen LogP contribution < -0.4 is 0 Å². The molecule has 0 bridgehead atoms. The Hall–Kier alpha value is -1.89. The van der Waals surface area contributed by atoms with Gasteiger partial charge < -0.3 is 9.15 Å². The molecule has 1 aromatic heterocycles. The van der Waals surface area contributed by atoms with Gasteiger partial charge in [0.15, 0.2) is 6.61 Å². The first-order valence-electron chi connectivity index (χ1n) is 6.74. The summed E-state index contributed by atoms with van der Waals surface area (Å²) in [6.07, 6.45) is 0. The lowest BCUT2D eigenvalue weighted by molar-refractivity contribution is 0.0437. The van der Waals surface area contributed by atoms with Gasteiger partial charge in [-0.15, -0.1) is 10.2 Å². The van der Waals surface area contributed by atoms with Crippen molar-refractivity contribution < 1.29 is 13.9 Å². The second kappa shape index (κ2) is 7.34. The van der Waals surface area contributed by atoms with E-state index in [9.17, 15) is 4.79 Å². The average molecular weight is 428 g/mol. The van der Waals surface area contributed by atoms with Gasteiger partial charge in [-0.25, -0.2) is 4.79 Å². The number of nitrogens with zero attached hydrogens (tertiary/aromatic N) is 2. The third kappa shape index (κ3) is 3.77. The van der Waals surface area contributed by atoms with Crippen LogP contribution in [0, 0.1) is 0 Å². The molecule has 24 heavy (non-hydrogen) atoms. The zero-order valence-corrected chi connectivity index (χ0v) is 15.1. The molecule has 122 valence electrons. The van der Waals surface area contributed by atoms with E-state index >= 15 is 0 Å². The fraction of sp³-hybridized carbons (Fsp3) is 0.0625. The third-order valence-corrected chi connectivity index (χ3v) is 4.30. The number of benzene rings is 2. The molecular formula is C16H9BrCl2N2O3. The molecule has 0 aliphatic carbocycles. The van der Waals surface area contributed by atoms with Crippen molar-refractivity contribution in [2.75, 3.05) is 0 Å². The SMILES string of the molecule is O=C(OCc1nnc(-c2ccccc2Cl)o1)c1cc(Cl)ccc1Br. The van der Waals surface area contributed by atoms with Gasteiger partial charge in [-0.1, -0.05) is 35.3 Å². The molecule has 5 nitrogen and oxygen atoms in total. The lowest BCUT2D eigenvalue weighted by Crippen LogP contribution is -2.06. The van der Waals surface area contributed by atoms with Crippen molar-refractivity contribution >= 4 is 45.1 Å². The molecule has 1 heterocycles. The summed E-state index contributed by atoms with van der Waals surface area (Å²) in [6, 6.07) is 11.9. The monoisotopic (exact) mass is 426 g/mol. The number of carbonyl (C=O) groups is 1. The van der Waals surface area contributed by atoms with Gasteiger partial charge in [0, 0.05) is 9.50 Å².